The number of phenolic OH excluding ortho intramolecular Hbond substituents is 1. The zero-order valence-electron chi connectivity index (χ0n) is 14.9. The molecule has 0 saturated carbocycles. The fourth-order valence-electron chi connectivity index (χ4n) is 2.36. The Morgan fingerprint density at radius 1 is 1.08 bits per heavy atom. The summed E-state index contributed by atoms with van der Waals surface area (Å²) >= 11 is 0. The molecule has 0 spiro atoms. The highest BCUT2D eigenvalue weighted by molar-refractivity contribution is 5.79. The summed E-state index contributed by atoms with van der Waals surface area (Å²) < 4.78 is 10.8. The molecule has 6 nitrogen and oxygen atoms in total. The van der Waals surface area contributed by atoms with Crippen molar-refractivity contribution in [2.24, 2.45) is 4.99 Å². The van der Waals surface area contributed by atoms with E-state index in [1.165, 1.54) is 0 Å². The van der Waals surface area contributed by atoms with E-state index >= 15 is 0 Å². The Hall–Kier alpha value is -2.89. The molecule has 0 saturated heterocycles. The quantitative estimate of drug-likeness (QED) is 0.532. The van der Waals surface area contributed by atoms with Crippen molar-refractivity contribution < 1.29 is 14.6 Å². The van der Waals surface area contributed by atoms with E-state index in [0.29, 0.717) is 31.4 Å². The third-order valence-corrected chi connectivity index (χ3v) is 3.68. The number of nitrogens with one attached hydrogen (secondary N) is 2. The van der Waals surface area contributed by atoms with E-state index in [1.807, 2.05) is 31.2 Å². The van der Waals surface area contributed by atoms with Gasteiger partial charge in [0, 0.05) is 31.3 Å². The van der Waals surface area contributed by atoms with E-state index < -0.39 is 0 Å². The number of guanidine groups is 1. The van der Waals surface area contributed by atoms with Gasteiger partial charge in [0.1, 0.15) is 17.2 Å². The van der Waals surface area contributed by atoms with Crippen LogP contribution in [0.2, 0.25) is 0 Å². The number of hydrogen-bond acceptors (Lipinski definition) is 4. The summed E-state index contributed by atoms with van der Waals surface area (Å²) in [7, 11) is 3.30. The molecule has 0 bridgehead atoms. The molecule has 25 heavy (non-hydrogen) atoms. The van der Waals surface area contributed by atoms with Gasteiger partial charge in [-0.15, -0.1) is 0 Å². The Balaban J connectivity index is 1.96. The summed E-state index contributed by atoms with van der Waals surface area (Å²) in [5, 5.41) is 16.4. The number of nitrogens with zero attached hydrogens (tertiary/aromatic N) is 1. The lowest BCUT2D eigenvalue weighted by Gasteiger charge is -2.15. The van der Waals surface area contributed by atoms with Crippen molar-refractivity contribution >= 4 is 5.96 Å². The Labute approximate surface area is 148 Å². The van der Waals surface area contributed by atoms with Crippen LogP contribution in [-0.2, 0) is 13.1 Å². The number of ether oxygens (including phenoxy) is 2. The first-order chi connectivity index (χ1) is 12.2. The Morgan fingerprint density at radius 2 is 1.80 bits per heavy atom. The van der Waals surface area contributed by atoms with E-state index in [1.54, 1.807) is 32.4 Å². The molecule has 2 aromatic carbocycles. The molecule has 3 N–H and O–H groups in total. The summed E-state index contributed by atoms with van der Waals surface area (Å²) in [6.07, 6.45) is 0. The molecule has 0 atom stereocenters. The lowest BCUT2D eigenvalue weighted by Crippen LogP contribution is -2.36. The summed E-state index contributed by atoms with van der Waals surface area (Å²) in [5.41, 5.74) is 1.79. The number of phenols is 1. The van der Waals surface area contributed by atoms with Crippen LogP contribution in [0.4, 0.5) is 0 Å². The average molecular weight is 343 g/mol. The van der Waals surface area contributed by atoms with Gasteiger partial charge < -0.3 is 25.2 Å². The van der Waals surface area contributed by atoms with E-state index in [-0.39, 0.29) is 5.75 Å². The van der Waals surface area contributed by atoms with Crippen LogP contribution >= 0.6 is 0 Å². The first-order valence-electron chi connectivity index (χ1n) is 8.19. The zero-order valence-corrected chi connectivity index (χ0v) is 14.9. The van der Waals surface area contributed by atoms with Crippen molar-refractivity contribution in [3.05, 3.63) is 53.6 Å². The molecular formula is C19H25N3O3. The van der Waals surface area contributed by atoms with Gasteiger partial charge in [0.05, 0.1) is 13.7 Å². The number of benzene rings is 2. The van der Waals surface area contributed by atoms with Crippen LogP contribution in [0.15, 0.2) is 47.5 Å². The van der Waals surface area contributed by atoms with Gasteiger partial charge >= 0.3 is 0 Å². The van der Waals surface area contributed by atoms with Crippen LogP contribution in [0.1, 0.15) is 18.1 Å². The maximum atomic E-state index is 9.95. The first kappa shape index (κ1) is 18.4. The highest BCUT2D eigenvalue weighted by Crippen LogP contribution is 2.22. The standard InChI is InChI=1S/C19H25N3O3/c1-4-25-18-8-6-5-7-14(18)12-21-19(20-2)22-13-15-11-16(24-3)9-10-17(15)23/h5-11,23H,4,12-13H2,1-3H3,(H2,20,21,22). The van der Waals surface area contributed by atoms with Crippen LogP contribution in [0.5, 0.6) is 17.2 Å². The number of aromatic hydroxyl groups is 1. The van der Waals surface area contributed by atoms with Gasteiger partial charge in [-0.25, -0.2) is 0 Å². The highest BCUT2D eigenvalue weighted by atomic mass is 16.5. The minimum atomic E-state index is 0.213. The van der Waals surface area contributed by atoms with Crippen molar-refractivity contribution in [2.75, 3.05) is 20.8 Å². The molecule has 2 rings (SSSR count). The van der Waals surface area contributed by atoms with Gasteiger partial charge in [0.25, 0.3) is 0 Å². The molecule has 0 aliphatic carbocycles. The molecule has 134 valence electrons. The smallest absolute Gasteiger partial charge is 0.191 e. The van der Waals surface area contributed by atoms with Crippen LogP contribution < -0.4 is 20.1 Å². The van der Waals surface area contributed by atoms with Crippen molar-refractivity contribution in [3.8, 4) is 17.2 Å². The van der Waals surface area contributed by atoms with Crippen molar-refractivity contribution in [1.82, 2.24) is 10.6 Å². The predicted molar refractivity (Wildman–Crippen MR) is 99.3 cm³/mol. The van der Waals surface area contributed by atoms with Crippen molar-refractivity contribution in [2.45, 2.75) is 20.0 Å². The van der Waals surface area contributed by atoms with Gasteiger partial charge in [-0.05, 0) is 31.2 Å². The lowest BCUT2D eigenvalue weighted by atomic mass is 10.2. The number of methoxy groups -OCH3 is 1. The molecule has 0 heterocycles. The summed E-state index contributed by atoms with van der Waals surface area (Å²) in [6, 6.07) is 13.0. The number of para-hydroxylation sites is 1. The maximum Gasteiger partial charge on any atom is 0.191 e. The number of rotatable bonds is 7. The Bertz CT molecular complexity index is 717. The van der Waals surface area contributed by atoms with E-state index in [2.05, 4.69) is 15.6 Å². The van der Waals surface area contributed by atoms with E-state index in [0.717, 1.165) is 16.9 Å². The number of hydrogen-bond donors (Lipinski definition) is 3. The maximum absolute atomic E-state index is 9.95. The predicted octanol–water partition coefficient (Wildman–Crippen LogP) is 2.66. The second-order valence-electron chi connectivity index (χ2n) is 5.31. The molecule has 0 aliphatic heterocycles. The fraction of sp³-hybridized carbons (Fsp3) is 0.316. The van der Waals surface area contributed by atoms with Crippen molar-refractivity contribution in [1.29, 1.82) is 0 Å². The minimum absolute atomic E-state index is 0.213. The third kappa shape index (κ3) is 5.31. The van der Waals surface area contributed by atoms with Gasteiger partial charge in [0.15, 0.2) is 5.96 Å². The Morgan fingerprint density at radius 3 is 2.48 bits per heavy atom. The molecular weight excluding hydrogens is 318 g/mol. The van der Waals surface area contributed by atoms with Gasteiger partial charge in [-0.1, -0.05) is 18.2 Å². The average Bonchev–Trinajstić information content (AvgIpc) is 2.64. The fourth-order valence-corrected chi connectivity index (χ4v) is 2.36. The van der Waals surface area contributed by atoms with Crippen LogP contribution in [0, 0.1) is 0 Å². The second-order valence-corrected chi connectivity index (χ2v) is 5.31. The van der Waals surface area contributed by atoms with E-state index in [4.69, 9.17) is 9.47 Å². The van der Waals surface area contributed by atoms with Gasteiger partial charge in [0.2, 0.25) is 0 Å². The zero-order chi connectivity index (χ0) is 18.1. The van der Waals surface area contributed by atoms with Crippen molar-refractivity contribution in [3.63, 3.8) is 0 Å². The Kier molecular flexibility index (Phi) is 6.95. The number of aliphatic imine (C=N–C) groups is 1. The van der Waals surface area contributed by atoms with Gasteiger partial charge in [-0.3, -0.25) is 4.99 Å². The molecule has 2 aromatic rings. The highest BCUT2D eigenvalue weighted by Gasteiger charge is 2.07. The summed E-state index contributed by atoms with van der Waals surface area (Å²) in [5.74, 6) is 2.40. The van der Waals surface area contributed by atoms with Crippen LogP contribution in [0.3, 0.4) is 0 Å². The minimum Gasteiger partial charge on any atom is -0.508 e. The molecule has 0 unspecified atom stereocenters. The third-order valence-electron chi connectivity index (χ3n) is 3.68. The summed E-state index contributed by atoms with van der Waals surface area (Å²) in [4.78, 5) is 4.21. The summed E-state index contributed by atoms with van der Waals surface area (Å²) in [6.45, 7) is 3.60. The molecule has 6 heteroatoms. The topological polar surface area (TPSA) is 75.1 Å². The van der Waals surface area contributed by atoms with E-state index in [9.17, 15) is 5.11 Å². The first-order valence-corrected chi connectivity index (χ1v) is 8.19. The molecule has 0 aliphatic rings. The normalized spacial score (nSPS) is 11.1. The van der Waals surface area contributed by atoms with Gasteiger partial charge in [-0.2, -0.15) is 0 Å². The van der Waals surface area contributed by atoms with Crippen LogP contribution in [-0.4, -0.2) is 31.8 Å². The lowest BCUT2D eigenvalue weighted by molar-refractivity contribution is 0.336. The van der Waals surface area contributed by atoms with Crippen LogP contribution in [0.25, 0.3) is 0 Å². The SMILES string of the molecule is CCOc1ccccc1CNC(=NC)NCc1cc(OC)ccc1O. The molecule has 0 radical (unpaired) electrons. The largest absolute Gasteiger partial charge is 0.508 e. The molecule has 0 aromatic heterocycles. The molecule has 0 fully saturated rings. The molecule has 0 amide bonds. The second kappa shape index (κ2) is 9.42. The monoisotopic (exact) mass is 343 g/mol.